The zero-order valence-corrected chi connectivity index (χ0v) is 20.9. The molecule has 3 aromatic rings. The van der Waals surface area contributed by atoms with Crippen LogP contribution in [0.4, 0.5) is 10.1 Å². The second-order valence-corrected chi connectivity index (χ2v) is 10.3. The summed E-state index contributed by atoms with van der Waals surface area (Å²) in [5.41, 5.74) is 1.12. The molecule has 1 saturated heterocycles. The molecular weight excluding hydrogens is 473 g/mol. The van der Waals surface area contributed by atoms with E-state index in [2.05, 4.69) is 16.4 Å². The monoisotopic (exact) mass is 501 g/mol. The van der Waals surface area contributed by atoms with Gasteiger partial charge in [0.2, 0.25) is 11.8 Å². The average Bonchev–Trinajstić information content (AvgIpc) is 3.56. The minimum absolute atomic E-state index is 0.0567. The van der Waals surface area contributed by atoms with Gasteiger partial charge in [0, 0.05) is 36.6 Å². The number of fused-ring (bicyclic) bond motifs is 3. The van der Waals surface area contributed by atoms with Gasteiger partial charge >= 0.3 is 0 Å². The Bertz CT molecular complexity index is 1460. The van der Waals surface area contributed by atoms with E-state index >= 15 is 0 Å². The van der Waals surface area contributed by atoms with Crippen LogP contribution in [0.15, 0.2) is 48.5 Å². The van der Waals surface area contributed by atoms with Crippen molar-refractivity contribution in [2.75, 3.05) is 18.9 Å². The van der Waals surface area contributed by atoms with E-state index in [-0.39, 0.29) is 36.4 Å². The van der Waals surface area contributed by atoms with Crippen LogP contribution in [-0.4, -0.2) is 58.2 Å². The minimum Gasteiger partial charge on any atom is -0.350 e. The van der Waals surface area contributed by atoms with E-state index in [0.717, 1.165) is 5.56 Å². The van der Waals surface area contributed by atoms with E-state index in [9.17, 15) is 24.0 Å². The van der Waals surface area contributed by atoms with Crippen LogP contribution >= 0.6 is 0 Å². The van der Waals surface area contributed by atoms with Crippen molar-refractivity contribution in [1.29, 1.82) is 5.26 Å². The SMILES string of the molecule is CC(C)C[C@@H](C(=O)N1C[C@]2(CC1C#N)C(=O)Nc1ccccc12)N(C)C(=O)c1cc2c(F)cccc2[nH]1. The van der Waals surface area contributed by atoms with Gasteiger partial charge < -0.3 is 20.1 Å². The molecule has 0 aliphatic carbocycles. The highest BCUT2D eigenvalue weighted by molar-refractivity contribution is 6.07. The van der Waals surface area contributed by atoms with Crippen molar-refractivity contribution in [1.82, 2.24) is 14.8 Å². The van der Waals surface area contributed by atoms with Crippen molar-refractivity contribution >= 4 is 34.3 Å². The molecule has 8 nitrogen and oxygen atoms in total. The van der Waals surface area contributed by atoms with Crippen LogP contribution in [0.25, 0.3) is 10.9 Å². The third kappa shape index (κ3) is 3.93. The molecule has 3 atom stereocenters. The minimum atomic E-state index is -1.01. The molecule has 37 heavy (non-hydrogen) atoms. The number of carbonyl (C=O) groups is 3. The van der Waals surface area contributed by atoms with Gasteiger partial charge in [-0.05, 0) is 42.2 Å². The fourth-order valence-electron chi connectivity index (χ4n) is 5.61. The summed E-state index contributed by atoms with van der Waals surface area (Å²) in [6.45, 7) is 3.96. The summed E-state index contributed by atoms with van der Waals surface area (Å²) >= 11 is 0. The second-order valence-electron chi connectivity index (χ2n) is 10.3. The van der Waals surface area contributed by atoms with Crippen molar-refractivity contribution in [2.45, 2.75) is 44.2 Å². The van der Waals surface area contributed by atoms with Crippen LogP contribution in [0.2, 0.25) is 0 Å². The molecule has 5 rings (SSSR count). The Kier molecular flexibility index (Phi) is 5.98. The number of hydrogen-bond acceptors (Lipinski definition) is 4. The predicted octanol–water partition coefficient (Wildman–Crippen LogP) is 3.81. The Hall–Kier alpha value is -4.19. The van der Waals surface area contributed by atoms with Crippen molar-refractivity contribution in [3.63, 3.8) is 0 Å². The lowest BCUT2D eigenvalue weighted by Gasteiger charge is -2.33. The maximum atomic E-state index is 14.2. The van der Waals surface area contributed by atoms with Crippen LogP contribution in [0.1, 0.15) is 42.7 Å². The summed E-state index contributed by atoms with van der Waals surface area (Å²) in [4.78, 5) is 46.3. The average molecular weight is 502 g/mol. The number of halogens is 1. The van der Waals surface area contributed by atoms with Crippen molar-refractivity contribution < 1.29 is 18.8 Å². The number of anilines is 1. The number of para-hydroxylation sites is 1. The van der Waals surface area contributed by atoms with Crippen LogP contribution in [0, 0.1) is 23.1 Å². The molecule has 1 aromatic heterocycles. The smallest absolute Gasteiger partial charge is 0.270 e. The lowest BCUT2D eigenvalue weighted by Crippen LogP contribution is -2.52. The Morgan fingerprint density at radius 1 is 1.24 bits per heavy atom. The molecule has 0 bridgehead atoms. The molecule has 2 aliphatic rings. The maximum Gasteiger partial charge on any atom is 0.270 e. The number of likely N-dealkylation sites (N-methyl/N-ethyl adjacent to an activating group) is 1. The fourth-order valence-corrected chi connectivity index (χ4v) is 5.61. The van der Waals surface area contributed by atoms with Crippen molar-refractivity contribution in [3.05, 3.63) is 65.6 Å². The molecule has 2 aliphatic heterocycles. The number of nitriles is 1. The standard InChI is InChI=1S/C28H28FN5O3/c1-16(2)11-24(33(3)25(35)23-12-18-20(29)8-6-10-21(18)31-23)26(36)34-15-28(13-17(34)14-30)19-7-4-5-9-22(19)32-27(28)37/h4-10,12,16-17,24,31H,11,13,15H2,1-3H3,(H,32,37)/t17?,24-,28-/m0/s1. The van der Waals surface area contributed by atoms with Gasteiger partial charge in [-0.3, -0.25) is 14.4 Å². The molecule has 3 heterocycles. The molecule has 3 amide bonds. The van der Waals surface area contributed by atoms with E-state index in [1.165, 1.54) is 21.9 Å². The van der Waals surface area contributed by atoms with Gasteiger partial charge in [0.25, 0.3) is 5.91 Å². The first-order valence-electron chi connectivity index (χ1n) is 12.3. The van der Waals surface area contributed by atoms with Gasteiger partial charge in [-0.25, -0.2) is 4.39 Å². The third-order valence-electron chi connectivity index (χ3n) is 7.52. The largest absolute Gasteiger partial charge is 0.350 e. The molecule has 0 radical (unpaired) electrons. The third-order valence-corrected chi connectivity index (χ3v) is 7.52. The summed E-state index contributed by atoms with van der Waals surface area (Å²) in [6, 6.07) is 13.9. The van der Waals surface area contributed by atoms with Crippen molar-refractivity contribution in [3.8, 4) is 6.07 Å². The van der Waals surface area contributed by atoms with Gasteiger partial charge in [-0.2, -0.15) is 5.26 Å². The van der Waals surface area contributed by atoms with Gasteiger partial charge in [-0.1, -0.05) is 38.1 Å². The lowest BCUT2D eigenvalue weighted by molar-refractivity contribution is -0.136. The molecule has 2 N–H and O–H groups in total. The molecule has 1 spiro atoms. The number of amides is 3. The highest BCUT2D eigenvalue weighted by Gasteiger charge is 2.56. The number of likely N-dealkylation sites (tertiary alicyclic amines) is 1. The quantitative estimate of drug-likeness (QED) is 0.554. The Morgan fingerprint density at radius 3 is 2.70 bits per heavy atom. The summed E-state index contributed by atoms with van der Waals surface area (Å²) in [6.07, 6.45) is 0.547. The fraction of sp³-hybridized carbons (Fsp3) is 0.357. The highest BCUT2D eigenvalue weighted by Crippen LogP contribution is 2.46. The number of nitrogens with zero attached hydrogens (tertiary/aromatic N) is 3. The first kappa shape index (κ1) is 24.5. The van der Waals surface area contributed by atoms with Crippen molar-refractivity contribution in [2.24, 2.45) is 5.92 Å². The maximum absolute atomic E-state index is 14.2. The number of aromatic nitrogens is 1. The summed E-state index contributed by atoms with van der Waals surface area (Å²) < 4.78 is 14.2. The van der Waals surface area contributed by atoms with Gasteiger partial charge in [0.15, 0.2) is 0 Å². The molecule has 190 valence electrons. The van der Waals surface area contributed by atoms with E-state index < -0.39 is 29.2 Å². The van der Waals surface area contributed by atoms with Crippen LogP contribution in [0.3, 0.4) is 0 Å². The van der Waals surface area contributed by atoms with E-state index in [1.54, 1.807) is 19.2 Å². The van der Waals surface area contributed by atoms with Gasteiger partial charge in [0.05, 0.1) is 11.5 Å². The molecule has 0 saturated carbocycles. The molecule has 1 unspecified atom stereocenters. The Labute approximate surface area is 214 Å². The number of aromatic amines is 1. The number of H-pyrrole nitrogens is 1. The number of hydrogen-bond donors (Lipinski definition) is 2. The number of nitrogens with one attached hydrogen (secondary N) is 2. The highest BCUT2D eigenvalue weighted by atomic mass is 19.1. The predicted molar refractivity (Wildman–Crippen MR) is 136 cm³/mol. The summed E-state index contributed by atoms with van der Waals surface area (Å²) in [7, 11) is 1.54. The molecule has 1 fully saturated rings. The van der Waals surface area contributed by atoms with E-state index in [1.807, 2.05) is 38.1 Å². The topological polar surface area (TPSA) is 109 Å². The number of benzene rings is 2. The number of rotatable bonds is 5. The lowest BCUT2D eigenvalue weighted by atomic mass is 9.80. The first-order valence-corrected chi connectivity index (χ1v) is 12.3. The normalized spacial score (nSPS) is 21.2. The van der Waals surface area contributed by atoms with E-state index in [0.29, 0.717) is 23.0 Å². The Morgan fingerprint density at radius 2 is 2.00 bits per heavy atom. The Balaban J connectivity index is 1.46. The first-order chi connectivity index (χ1) is 17.7. The zero-order valence-electron chi connectivity index (χ0n) is 20.9. The second kappa shape index (κ2) is 9.04. The van der Waals surface area contributed by atoms with Crippen LogP contribution in [-0.2, 0) is 15.0 Å². The van der Waals surface area contributed by atoms with Gasteiger partial charge in [0.1, 0.15) is 23.6 Å². The number of carbonyl (C=O) groups excluding carboxylic acids is 3. The molecule has 9 heteroatoms. The zero-order chi connectivity index (χ0) is 26.5. The van der Waals surface area contributed by atoms with E-state index in [4.69, 9.17) is 0 Å². The van der Waals surface area contributed by atoms with Crippen LogP contribution < -0.4 is 5.32 Å². The summed E-state index contributed by atoms with van der Waals surface area (Å²) in [5.74, 6) is -1.45. The van der Waals surface area contributed by atoms with Crippen LogP contribution in [0.5, 0.6) is 0 Å². The summed E-state index contributed by atoms with van der Waals surface area (Å²) in [5, 5.41) is 13.1. The molecule has 2 aromatic carbocycles. The molecular formula is C28H28FN5O3. The van der Waals surface area contributed by atoms with Gasteiger partial charge in [-0.15, -0.1) is 0 Å².